The normalized spacial score (nSPS) is 15.1. The summed E-state index contributed by atoms with van der Waals surface area (Å²) in [6, 6.07) is 9.56. The van der Waals surface area contributed by atoms with Crippen LogP contribution in [0.2, 0.25) is 0 Å². The number of fused-ring (bicyclic) bond motifs is 1. The monoisotopic (exact) mass is 361 g/mol. The van der Waals surface area contributed by atoms with Gasteiger partial charge in [0.05, 0.1) is 18.7 Å². The summed E-state index contributed by atoms with van der Waals surface area (Å²) in [7, 11) is 0. The number of ether oxygens (including phenoxy) is 1. The minimum atomic E-state index is -4.53. The van der Waals surface area contributed by atoms with Crippen LogP contribution in [0.15, 0.2) is 48.8 Å². The molecule has 1 aliphatic rings. The van der Waals surface area contributed by atoms with Crippen LogP contribution in [-0.4, -0.2) is 40.0 Å². The smallest absolute Gasteiger partial charge is 0.421 e. The summed E-state index contributed by atoms with van der Waals surface area (Å²) in [6.07, 6.45) is -2.16. The largest absolute Gasteiger partial charge is 0.470 e. The molecule has 0 radical (unpaired) electrons. The van der Waals surface area contributed by atoms with Crippen LogP contribution in [0.25, 0.3) is 10.9 Å². The average Bonchev–Trinajstić information content (AvgIpc) is 3.01. The highest BCUT2D eigenvalue weighted by atomic mass is 19.4. The van der Waals surface area contributed by atoms with Crippen molar-refractivity contribution in [1.82, 2.24) is 14.9 Å². The van der Waals surface area contributed by atoms with Gasteiger partial charge in [0.1, 0.15) is 11.7 Å². The van der Waals surface area contributed by atoms with Crippen molar-refractivity contribution in [3.8, 4) is 5.88 Å². The molecule has 4 rings (SSSR count). The molecular formula is C18H14F3N3O2. The Morgan fingerprint density at radius 1 is 1.19 bits per heavy atom. The number of pyridine rings is 1. The highest BCUT2D eigenvalue weighted by molar-refractivity contribution is 6.06. The molecule has 3 aromatic rings. The first-order valence-electron chi connectivity index (χ1n) is 7.98. The number of carbonyl (C=O) groups is 1. The highest BCUT2D eigenvalue weighted by Gasteiger charge is 2.38. The Morgan fingerprint density at radius 3 is 2.73 bits per heavy atom. The van der Waals surface area contributed by atoms with E-state index in [4.69, 9.17) is 4.74 Å². The minimum Gasteiger partial charge on any atom is -0.470 e. The van der Waals surface area contributed by atoms with Gasteiger partial charge in [-0.15, -0.1) is 0 Å². The van der Waals surface area contributed by atoms with Crippen LogP contribution in [-0.2, 0) is 6.18 Å². The third kappa shape index (κ3) is 2.87. The molecule has 1 fully saturated rings. The number of likely N-dealkylation sites (tertiary alicyclic amines) is 1. The Hall–Kier alpha value is -3.03. The Bertz CT molecular complexity index is 961. The van der Waals surface area contributed by atoms with Gasteiger partial charge in [0.25, 0.3) is 5.91 Å². The maximum atomic E-state index is 13.0. The lowest BCUT2D eigenvalue weighted by Crippen LogP contribution is -2.56. The lowest BCUT2D eigenvalue weighted by molar-refractivity contribution is -0.140. The number of nitrogens with zero attached hydrogens (tertiary/aromatic N) is 2. The number of aromatic nitrogens is 2. The van der Waals surface area contributed by atoms with E-state index >= 15 is 0 Å². The van der Waals surface area contributed by atoms with E-state index in [2.05, 4.69) is 9.97 Å². The quantitative estimate of drug-likeness (QED) is 0.777. The van der Waals surface area contributed by atoms with Gasteiger partial charge in [-0.2, -0.15) is 13.2 Å². The fraction of sp³-hybridized carbons (Fsp3) is 0.222. The molecule has 1 saturated heterocycles. The molecule has 8 heteroatoms. The molecule has 3 heterocycles. The fourth-order valence-corrected chi connectivity index (χ4v) is 2.96. The number of alkyl halides is 3. The van der Waals surface area contributed by atoms with Crippen molar-refractivity contribution < 1.29 is 22.7 Å². The number of para-hydroxylation sites is 1. The number of carbonyl (C=O) groups excluding carboxylic acids is 1. The number of H-pyrrole nitrogens is 1. The predicted molar refractivity (Wildman–Crippen MR) is 87.9 cm³/mol. The fourth-order valence-electron chi connectivity index (χ4n) is 2.96. The Morgan fingerprint density at radius 2 is 1.96 bits per heavy atom. The zero-order chi connectivity index (χ0) is 18.3. The van der Waals surface area contributed by atoms with Crippen LogP contribution >= 0.6 is 0 Å². The van der Waals surface area contributed by atoms with Gasteiger partial charge >= 0.3 is 6.18 Å². The lowest BCUT2D eigenvalue weighted by Gasteiger charge is -2.38. The SMILES string of the molecule is O=C(c1c[nH]c2ccccc12)N1CC(Oc2ncccc2C(F)(F)F)C1. The van der Waals surface area contributed by atoms with E-state index in [1.165, 1.54) is 17.2 Å². The number of benzene rings is 1. The first kappa shape index (κ1) is 16.4. The second kappa shape index (κ2) is 6.05. The number of nitrogens with one attached hydrogen (secondary N) is 1. The number of aromatic amines is 1. The summed E-state index contributed by atoms with van der Waals surface area (Å²) in [5, 5.41) is 0.811. The number of rotatable bonds is 3. The molecule has 5 nitrogen and oxygen atoms in total. The maximum Gasteiger partial charge on any atom is 0.421 e. The Balaban J connectivity index is 1.44. The number of hydrogen-bond donors (Lipinski definition) is 1. The zero-order valence-electron chi connectivity index (χ0n) is 13.5. The average molecular weight is 361 g/mol. The van der Waals surface area contributed by atoms with Gasteiger partial charge in [0.2, 0.25) is 5.88 Å². The third-order valence-corrected chi connectivity index (χ3v) is 4.31. The summed E-state index contributed by atoms with van der Waals surface area (Å²) in [5.74, 6) is -0.636. The molecular weight excluding hydrogens is 347 g/mol. The molecule has 134 valence electrons. The molecule has 0 spiro atoms. The predicted octanol–water partition coefficient (Wildman–Crippen LogP) is 3.49. The maximum absolute atomic E-state index is 13.0. The van der Waals surface area contributed by atoms with Crippen LogP contribution in [0.5, 0.6) is 5.88 Å². The van der Waals surface area contributed by atoms with E-state index in [9.17, 15) is 18.0 Å². The molecule has 0 aliphatic carbocycles. The second-order valence-electron chi connectivity index (χ2n) is 6.05. The summed E-state index contributed by atoms with van der Waals surface area (Å²) >= 11 is 0. The first-order valence-corrected chi connectivity index (χ1v) is 7.98. The van der Waals surface area contributed by atoms with Gasteiger partial charge in [-0.1, -0.05) is 18.2 Å². The van der Waals surface area contributed by atoms with Crippen molar-refractivity contribution in [2.75, 3.05) is 13.1 Å². The number of amides is 1. The van der Waals surface area contributed by atoms with Crippen molar-refractivity contribution in [1.29, 1.82) is 0 Å². The molecule has 1 aliphatic heterocycles. The molecule has 0 unspecified atom stereocenters. The van der Waals surface area contributed by atoms with E-state index in [1.54, 1.807) is 6.20 Å². The first-order chi connectivity index (χ1) is 12.4. The van der Waals surface area contributed by atoms with Crippen molar-refractivity contribution in [2.45, 2.75) is 12.3 Å². The Labute approximate surface area is 146 Å². The van der Waals surface area contributed by atoms with E-state index in [0.29, 0.717) is 5.56 Å². The number of hydrogen-bond acceptors (Lipinski definition) is 3. The Kier molecular flexibility index (Phi) is 3.82. The molecule has 0 bridgehead atoms. The van der Waals surface area contributed by atoms with Gasteiger partial charge in [0, 0.05) is 23.3 Å². The van der Waals surface area contributed by atoms with Gasteiger partial charge in [-0.25, -0.2) is 4.98 Å². The van der Waals surface area contributed by atoms with Crippen LogP contribution in [0.1, 0.15) is 15.9 Å². The molecule has 0 atom stereocenters. The molecule has 2 aromatic heterocycles. The van der Waals surface area contributed by atoms with Crippen LogP contribution in [0.3, 0.4) is 0 Å². The summed E-state index contributed by atoms with van der Waals surface area (Å²) in [6.45, 7) is 0.429. The minimum absolute atomic E-state index is 0.181. The van der Waals surface area contributed by atoms with Crippen LogP contribution < -0.4 is 4.74 Å². The number of halogens is 3. The molecule has 1 amide bonds. The summed E-state index contributed by atoms with van der Waals surface area (Å²) < 4.78 is 44.3. The second-order valence-corrected chi connectivity index (χ2v) is 6.05. The zero-order valence-corrected chi connectivity index (χ0v) is 13.5. The van der Waals surface area contributed by atoms with Gasteiger partial charge < -0.3 is 14.6 Å². The summed E-state index contributed by atoms with van der Waals surface area (Å²) in [5.41, 5.74) is 0.474. The van der Waals surface area contributed by atoms with Gasteiger partial charge in [-0.3, -0.25) is 4.79 Å². The van der Waals surface area contributed by atoms with Crippen LogP contribution in [0, 0.1) is 0 Å². The molecule has 1 aromatic carbocycles. The van der Waals surface area contributed by atoms with E-state index in [1.807, 2.05) is 24.3 Å². The van der Waals surface area contributed by atoms with Crippen molar-refractivity contribution in [3.63, 3.8) is 0 Å². The summed E-state index contributed by atoms with van der Waals surface area (Å²) in [4.78, 5) is 20.8. The van der Waals surface area contributed by atoms with Crippen molar-refractivity contribution in [3.05, 3.63) is 59.9 Å². The molecule has 26 heavy (non-hydrogen) atoms. The molecule has 0 saturated carbocycles. The van der Waals surface area contributed by atoms with E-state index in [-0.39, 0.29) is 19.0 Å². The van der Waals surface area contributed by atoms with E-state index < -0.39 is 23.7 Å². The van der Waals surface area contributed by atoms with Crippen molar-refractivity contribution in [2.24, 2.45) is 0 Å². The van der Waals surface area contributed by atoms with Crippen LogP contribution in [0.4, 0.5) is 13.2 Å². The van der Waals surface area contributed by atoms with Crippen molar-refractivity contribution >= 4 is 16.8 Å². The van der Waals surface area contributed by atoms with Gasteiger partial charge in [-0.05, 0) is 18.2 Å². The third-order valence-electron chi connectivity index (χ3n) is 4.31. The molecule has 1 N–H and O–H groups in total. The standard InChI is InChI=1S/C18H14F3N3O2/c19-18(20,21)14-5-3-7-22-16(14)26-11-9-24(10-11)17(25)13-8-23-15-6-2-1-4-12(13)15/h1-8,11,23H,9-10H2. The topological polar surface area (TPSA) is 58.2 Å². The highest BCUT2D eigenvalue weighted by Crippen LogP contribution is 2.35. The lowest BCUT2D eigenvalue weighted by atomic mass is 10.1. The van der Waals surface area contributed by atoms with E-state index in [0.717, 1.165) is 17.0 Å². The van der Waals surface area contributed by atoms with Gasteiger partial charge in [0.15, 0.2) is 0 Å².